The minimum atomic E-state index is -0.246. The van der Waals surface area contributed by atoms with E-state index in [1.54, 1.807) is 11.8 Å². The number of hydrogen-bond acceptors (Lipinski definition) is 4. The van der Waals surface area contributed by atoms with Crippen molar-refractivity contribution in [3.05, 3.63) is 0 Å². The van der Waals surface area contributed by atoms with Crippen molar-refractivity contribution >= 4 is 6.09 Å². The average Bonchev–Trinajstić information content (AvgIpc) is 3.03. The normalized spacial score (nSPS) is 43.5. The number of piperidine rings is 1. The molecule has 0 aliphatic carbocycles. The van der Waals surface area contributed by atoms with E-state index in [1.807, 2.05) is 0 Å². The summed E-state index contributed by atoms with van der Waals surface area (Å²) in [5.74, 6) is 0.0667. The zero-order valence-corrected chi connectivity index (χ0v) is 9.13. The van der Waals surface area contributed by atoms with E-state index in [4.69, 9.17) is 14.7 Å². The molecule has 0 aromatic heterocycles. The third-order valence-electron chi connectivity index (χ3n) is 3.75. The smallest absolute Gasteiger partial charge is 0.410 e. The van der Waals surface area contributed by atoms with E-state index in [9.17, 15) is 4.79 Å². The van der Waals surface area contributed by atoms with Gasteiger partial charge in [-0.1, -0.05) is 0 Å². The molecule has 5 heteroatoms. The Balaban J connectivity index is 1.79. The summed E-state index contributed by atoms with van der Waals surface area (Å²) >= 11 is 0. The van der Waals surface area contributed by atoms with Crippen molar-refractivity contribution in [1.82, 2.24) is 4.90 Å². The van der Waals surface area contributed by atoms with Crippen molar-refractivity contribution in [3.8, 4) is 6.07 Å². The average molecular weight is 222 g/mol. The Hall–Kier alpha value is -1.28. The van der Waals surface area contributed by atoms with Crippen molar-refractivity contribution in [3.63, 3.8) is 0 Å². The summed E-state index contributed by atoms with van der Waals surface area (Å²) in [6.45, 7) is 2.20. The molecule has 0 aromatic rings. The van der Waals surface area contributed by atoms with Gasteiger partial charge in [-0.3, -0.25) is 4.90 Å². The van der Waals surface area contributed by atoms with Gasteiger partial charge in [0.15, 0.2) is 0 Å². The minimum absolute atomic E-state index is 0.0625. The van der Waals surface area contributed by atoms with Crippen molar-refractivity contribution in [1.29, 1.82) is 5.26 Å². The van der Waals surface area contributed by atoms with E-state index < -0.39 is 0 Å². The zero-order chi connectivity index (χ0) is 11.3. The lowest BCUT2D eigenvalue weighted by molar-refractivity contribution is 0.0247. The SMILES string of the molecule is CCOC(=O)N1C2CC(C#N)CC1C1OC12. The van der Waals surface area contributed by atoms with Gasteiger partial charge in [-0.05, 0) is 19.8 Å². The molecule has 3 fully saturated rings. The second-order valence-corrected chi connectivity index (χ2v) is 4.60. The van der Waals surface area contributed by atoms with Gasteiger partial charge in [0.2, 0.25) is 0 Å². The van der Waals surface area contributed by atoms with Crippen LogP contribution in [0.4, 0.5) is 4.79 Å². The molecule has 0 radical (unpaired) electrons. The van der Waals surface area contributed by atoms with Crippen LogP contribution in [0.25, 0.3) is 0 Å². The van der Waals surface area contributed by atoms with Crippen LogP contribution in [0.2, 0.25) is 0 Å². The molecule has 0 saturated carbocycles. The molecule has 4 unspecified atom stereocenters. The number of rotatable bonds is 1. The highest BCUT2D eigenvalue weighted by Crippen LogP contribution is 2.49. The lowest BCUT2D eigenvalue weighted by atomic mass is 9.91. The molecule has 0 aromatic carbocycles. The van der Waals surface area contributed by atoms with Gasteiger partial charge in [-0.2, -0.15) is 5.26 Å². The molecule has 16 heavy (non-hydrogen) atoms. The maximum atomic E-state index is 11.8. The highest BCUT2D eigenvalue weighted by atomic mass is 16.6. The molecule has 3 aliphatic heterocycles. The summed E-state index contributed by atoms with van der Waals surface area (Å²) in [7, 11) is 0. The molecule has 5 nitrogen and oxygen atoms in total. The Labute approximate surface area is 93.9 Å². The summed E-state index contributed by atoms with van der Waals surface area (Å²) in [4.78, 5) is 13.6. The molecule has 0 spiro atoms. The van der Waals surface area contributed by atoms with Crippen molar-refractivity contribution in [2.45, 2.75) is 44.1 Å². The second-order valence-electron chi connectivity index (χ2n) is 4.60. The van der Waals surface area contributed by atoms with Crippen molar-refractivity contribution in [2.75, 3.05) is 6.61 Å². The van der Waals surface area contributed by atoms with Gasteiger partial charge in [0.1, 0.15) is 12.2 Å². The number of carbonyl (C=O) groups is 1. The highest BCUT2D eigenvalue weighted by molar-refractivity contribution is 5.70. The van der Waals surface area contributed by atoms with Gasteiger partial charge in [0, 0.05) is 0 Å². The molecule has 3 rings (SSSR count). The Morgan fingerprint density at radius 3 is 2.62 bits per heavy atom. The van der Waals surface area contributed by atoms with E-state index >= 15 is 0 Å². The summed E-state index contributed by atoms with van der Waals surface area (Å²) in [6, 6.07) is 2.43. The van der Waals surface area contributed by atoms with Crippen LogP contribution in [0.3, 0.4) is 0 Å². The molecular formula is C11H14N2O3. The maximum Gasteiger partial charge on any atom is 0.410 e. The first-order chi connectivity index (χ1) is 7.76. The lowest BCUT2D eigenvalue weighted by Crippen LogP contribution is -2.50. The summed E-state index contributed by atoms with van der Waals surface area (Å²) in [5, 5.41) is 8.96. The van der Waals surface area contributed by atoms with E-state index in [1.165, 1.54) is 0 Å². The first-order valence-corrected chi connectivity index (χ1v) is 5.76. The lowest BCUT2D eigenvalue weighted by Gasteiger charge is -2.37. The van der Waals surface area contributed by atoms with E-state index in [-0.39, 0.29) is 36.3 Å². The van der Waals surface area contributed by atoms with Gasteiger partial charge < -0.3 is 9.47 Å². The number of nitriles is 1. The van der Waals surface area contributed by atoms with Crippen LogP contribution >= 0.6 is 0 Å². The van der Waals surface area contributed by atoms with Gasteiger partial charge in [0.25, 0.3) is 0 Å². The summed E-state index contributed by atoms with van der Waals surface area (Å²) in [5.41, 5.74) is 0. The molecule has 4 atom stereocenters. The maximum absolute atomic E-state index is 11.8. The molecule has 1 amide bonds. The fourth-order valence-corrected chi connectivity index (χ4v) is 3.07. The van der Waals surface area contributed by atoms with Crippen LogP contribution in [0.15, 0.2) is 0 Å². The number of hydrogen-bond donors (Lipinski definition) is 0. The van der Waals surface area contributed by atoms with Crippen molar-refractivity contribution in [2.24, 2.45) is 5.92 Å². The summed E-state index contributed by atoms with van der Waals surface area (Å²) < 4.78 is 10.6. The number of epoxide rings is 1. The fourth-order valence-electron chi connectivity index (χ4n) is 3.07. The Bertz CT molecular complexity index is 347. The second kappa shape index (κ2) is 3.36. The van der Waals surface area contributed by atoms with E-state index in [0.29, 0.717) is 6.61 Å². The predicted molar refractivity (Wildman–Crippen MR) is 53.4 cm³/mol. The molecule has 2 bridgehead atoms. The number of carbonyl (C=O) groups excluding carboxylic acids is 1. The number of amides is 1. The van der Waals surface area contributed by atoms with Crippen LogP contribution in [0, 0.1) is 17.2 Å². The molecule has 3 saturated heterocycles. The van der Waals surface area contributed by atoms with Gasteiger partial charge >= 0.3 is 6.09 Å². The van der Waals surface area contributed by atoms with Crippen LogP contribution < -0.4 is 0 Å². The van der Waals surface area contributed by atoms with E-state index in [0.717, 1.165) is 12.8 Å². The van der Waals surface area contributed by atoms with E-state index in [2.05, 4.69) is 6.07 Å². The highest BCUT2D eigenvalue weighted by Gasteiger charge is 2.65. The van der Waals surface area contributed by atoms with Crippen molar-refractivity contribution < 1.29 is 14.3 Å². The number of fused-ring (bicyclic) bond motifs is 5. The number of nitrogens with zero attached hydrogens (tertiary/aromatic N) is 2. The first kappa shape index (κ1) is 9.91. The molecule has 3 heterocycles. The zero-order valence-electron chi connectivity index (χ0n) is 9.13. The molecule has 86 valence electrons. The summed E-state index contributed by atoms with van der Waals surface area (Å²) in [6.07, 6.45) is 1.53. The largest absolute Gasteiger partial charge is 0.450 e. The molecule has 3 aliphatic rings. The Morgan fingerprint density at radius 2 is 2.12 bits per heavy atom. The van der Waals surface area contributed by atoms with Gasteiger partial charge in [-0.25, -0.2) is 4.79 Å². The minimum Gasteiger partial charge on any atom is -0.450 e. The molecule has 0 N–H and O–H groups in total. The third-order valence-corrected chi connectivity index (χ3v) is 3.75. The topological polar surface area (TPSA) is 65.9 Å². The number of ether oxygens (including phenoxy) is 2. The Morgan fingerprint density at radius 1 is 1.50 bits per heavy atom. The fraction of sp³-hybridized carbons (Fsp3) is 0.818. The number of morpholine rings is 1. The Kier molecular flexibility index (Phi) is 2.08. The standard InChI is InChI=1S/C11H14N2O3/c1-2-15-11(14)13-7-3-6(5-12)4-8(13)10-9(7)16-10/h6-10H,2-4H2,1H3. The first-order valence-electron chi connectivity index (χ1n) is 5.76. The van der Waals surface area contributed by atoms with Crippen LogP contribution in [-0.4, -0.2) is 41.9 Å². The molecular weight excluding hydrogens is 208 g/mol. The van der Waals surface area contributed by atoms with Gasteiger partial charge in [-0.15, -0.1) is 0 Å². The van der Waals surface area contributed by atoms with Crippen LogP contribution in [0.1, 0.15) is 19.8 Å². The monoisotopic (exact) mass is 222 g/mol. The van der Waals surface area contributed by atoms with Crippen LogP contribution in [0.5, 0.6) is 0 Å². The quantitative estimate of drug-likeness (QED) is 0.618. The predicted octanol–water partition coefficient (Wildman–Crippen LogP) is 0.897. The van der Waals surface area contributed by atoms with Crippen LogP contribution in [-0.2, 0) is 9.47 Å². The van der Waals surface area contributed by atoms with Gasteiger partial charge in [0.05, 0.1) is 30.7 Å². The third kappa shape index (κ3) is 1.23.